The molecule has 0 spiro atoms. The van der Waals surface area contributed by atoms with Gasteiger partial charge in [-0.2, -0.15) is 0 Å². The molecule has 0 atom stereocenters. The maximum atomic E-state index is 5.15. The molecule has 0 bridgehead atoms. The lowest BCUT2D eigenvalue weighted by atomic mass is 9.67. The van der Waals surface area contributed by atoms with Crippen LogP contribution in [0.4, 0.5) is 0 Å². The van der Waals surface area contributed by atoms with Crippen molar-refractivity contribution in [1.82, 2.24) is 15.0 Å². The lowest BCUT2D eigenvalue weighted by molar-refractivity contribution is 0.769. The molecule has 3 nitrogen and oxygen atoms in total. The van der Waals surface area contributed by atoms with E-state index in [1.54, 1.807) is 0 Å². The molecular weight excluding hydrogens is 643 g/mol. The first-order valence-corrected chi connectivity index (χ1v) is 18.0. The van der Waals surface area contributed by atoms with Gasteiger partial charge in [0.05, 0.1) is 5.41 Å². The fourth-order valence-corrected chi connectivity index (χ4v) is 8.22. The molecule has 0 amide bonds. The molecule has 0 unspecified atom stereocenters. The van der Waals surface area contributed by atoms with Crippen LogP contribution in [0, 0.1) is 0 Å². The van der Waals surface area contributed by atoms with E-state index in [1.165, 1.54) is 33.4 Å². The molecule has 9 aromatic rings. The number of hydrogen-bond donors (Lipinski definition) is 0. The number of aromatic nitrogens is 3. The monoisotopic (exact) mass is 675 g/mol. The van der Waals surface area contributed by atoms with Gasteiger partial charge in [-0.25, -0.2) is 15.0 Å². The lowest BCUT2D eigenvalue weighted by Gasteiger charge is -2.34. The second-order valence-corrected chi connectivity index (χ2v) is 13.6. The minimum absolute atomic E-state index is 0.464. The van der Waals surface area contributed by atoms with Crippen LogP contribution in [0.5, 0.6) is 0 Å². The average Bonchev–Trinajstić information content (AvgIpc) is 3.55. The van der Waals surface area contributed by atoms with Crippen molar-refractivity contribution in [3.05, 3.63) is 222 Å². The van der Waals surface area contributed by atoms with Crippen LogP contribution in [0.2, 0.25) is 0 Å². The number of nitrogens with zero attached hydrogens (tertiary/aromatic N) is 3. The Bertz CT molecular complexity index is 2730. The number of benzene rings is 8. The molecule has 1 heterocycles. The Kier molecular flexibility index (Phi) is 7.36. The third kappa shape index (κ3) is 5.09. The van der Waals surface area contributed by atoms with Gasteiger partial charge < -0.3 is 0 Å². The van der Waals surface area contributed by atoms with Gasteiger partial charge in [-0.15, -0.1) is 0 Å². The Morgan fingerprint density at radius 3 is 1.58 bits per heavy atom. The highest BCUT2D eigenvalue weighted by atomic mass is 15.0. The van der Waals surface area contributed by atoms with Crippen molar-refractivity contribution in [3.63, 3.8) is 0 Å². The molecule has 1 aliphatic rings. The van der Waals surface area contributed by atoms with Crippen LogP contribution in [0.15, 0.2) is 200 Å². The van der Waals surface area contributed by atoms with Crippen molar-refractivity contribution in [3.8, 4) is 56.4 Å². The third-order valence-electron chi connectivity index (χ3n) is 10.6. The van der Waals surface area contributed by atoms with Gasteiger partial charge in [-0.05, 0) is 67.4 Å². The summed E-state index contributed by atoms with van der Waals surface area (Å²) in [7, 11) is 0. The molecule has 0 saturated carbocycles. The average molecular weight is 676 g/mol. The summed E-state index contributed by atoms with van der Waals surface area (Å²) in [5, 5.41) is 2.26. The zero-order chi connectivity index (χ0) is 35.2. The van der Waals surface area contributed by atoms with Crippen LogP contribution in [-0.2, 0) is 5.41 Å². The second kappa shape index (κ2) is 12.7. The van der Waals surface area contributed by atoms with Crippen LogP contribution in [0.1, 0.15) is 22.3 Å². The molecule has 53 heavy (non-hydrogen) atoms. The minimum atomic E-state index is -0.464. The zero-order valence-electron chi connectivity index (χ0n) is 28.9. The molecule has 0 saturated heterocycles. The fraction of sp³-hybridized carbons (Fsp3) is 0.0200. The summed E-state index contributed by atoms with van der Waals surface area (Å²) in [6, 6.07) is 71.2. The highest BCUT2D eigenvalue weighted by Gasteiger charge is 2.46. The fourth-order valence-electron chi connectivity index (χ4n) is 8.22. The Hall–Kier alpha value is -6.97. The zero-order valence-corrected chi connectivity index (χ0v) is 28.9. The van der Waals surface area contributed by atoms with E-state index in [9.17, 15) is 0 Å². The maximum Gasteiger partial charge on any atom is 0.164 e. The van der Waals surface area contributed by atoms with E-state index < -0.39 is 5.41 Å². The highest BCUT2D eigenvalue weighted by molar-refractivity contribution is 5.95. The highest BCUT2D eigenvalue weighted by Crippen LogP contribution is 2.56. The van der Waals surface area contributed by atoms with Crippen LogP contribution in [0.3, 0.4) is 0 Å². The molecule has 0 N–H and O–H groups in total. The summed E-state index contributed by atoms with van der Waals surface area (Å²) in [6.45, 7) is 0. The van der Waals surface area contributed by atoms with Crippen LogP contribution >= 0.6 is 0 Å². The predicted octanol–water partition coefficient (Wildman–Crippen LogP) is 12.1. The summed E-state index contributed by atoms with van der Waals surface area (Å²) in [5.41, 5.74) is 12.3. The topological polar surface area (TPSA) is 38.7 Å². The number of rotatable bonds is 6. The summed E-state index contributed by atoms with van der Waals surface area (Å²) >= 11 is 0. The number of fused-ring (bicyclic) bond motifs is 4. The SMILES string of the molecule is c1ccc(-c2nc(-c3cccc(-c4ccc5c(c4)C(c4ccccc4)(c4ccccc4)c4ccccc4-5)c3)nc(-c3cccc4ccccc34)n2)cc1. The smallest absolute Gasteiger partial charge is 0.164 e. The quantitative estimate of drug-likeness (QED) is 0.176. The van der Waals surface area contributed by atoms with Crippen LogP contribution in [0.25, 0.3) is 67.2 Å². The molecular formula is C50H33N3. The van der Waals surface area contributed by atoms with Crippen LogP contribution < -0.4 is 0 Å². The summed E-state index contributed by atoms with van der Waals surface area (Å²) < 4.78 is 0. The van der Waals surface area contributed by atoms with Crippen molar-refractivity contribution in [2.45, 2.75) is 5.41 Å². The molecule has 10 rings (SSSR count). The van der Waals surface area contributed by atoms with Crippen molar-refractivity contribution in [2.24, 2.45) is 0 Å². The first-order valence-electron chi connectivity index (χ1n) is 18.0. The third-order valence-corrected chi connectivity index (χ3v) is 10.6. The van der Waals surface area contributed by atoms with Gasteiger partial charge in [0, 0.05) is 16.7 Å². The Morgan fingerprint density at radius 2 is 0.811 bits per heavy atom. The van der Waals surface area contributed by atoms with E-state index in [0.717, 1.165) is 38.6 Å². The molecule has 1 aliphatic carbocycles. The van der Waals surface area contributed by atoms with Gasteiger partial charge >= 0.3 is 0 Å². The van der Waals surface area contributed by atoms with E-state index in [1.807, 2.05) is 18.2 Å². The van der Waals surface area contributed by atoms with E-state index >= 15 is 0 Å². The Balaban J connectivity index is 1.15. The maximum absolute atomic E-state index is 5.15. The van der Waals surface area contributed by atoms with E-state index in [4.69, 9.17) is 15.0 Å². The van der Waals surface area contributed by atoms with Crippen molar-refractivity contribution >= 4 is 10.8 Å². The lowest BCUT2D eigenvalue weighted by Crippen LogP contribution is -2.28. The molecule has 8 aromatic carbocycles. The van der Waals surface area contributed by atoms with Gasteiger partial charge in [0.15, 0.2) is 17.5 Å². The van der Waals surface area contributed by atoms with Gasteiger partial charge in [0.25, 0.3) is 0 Å². The summed E-state index contributed by atoms with van der Waals surface area (Å²) in [5.74, 6) is 1.94. The first kappa shape index (κ1) is 30.8. The molecule has 0 aliphatic heterocycles. The predicted molar refractivity (Wildman–Crippen MR) is 216 cm³/mol. The summed E-state index contributed by atoms with van der Waals surface area (Å²) in [4.78, 5) is 15.3. The standard InChI is InChI=1S/C50H33N3/c1-4-17-35(18-5-1)47-51-48(53-49(52-47)44-28-15-19-34-16-10-11-26-41(34)44)38-21-14-20-36(32-38)37-30-31-43-42-27-12-13-29-45(42)50(46(43)33-37,39-22-6-2-7-23-39)40-24-8-3-9-25-40/h1-33H. The van der Waals surface area contributed by atoms with Crippen molar-refractivity contribution < 1.29 is 0 Å². The Morgan fingerprint density at radius 1 is 0.302 bits per heavy atom. The van der Waals surface area contributed by atoms with E-state index in [-0.39, 0.29) is 0 Å². The normalized spacial score (nSPS) is 12.7. The molecule has 0 radical (unpaired) electrons. The van der Waals surface area contributed by atoms with E-state index in [0.29, 0.717) is 17.5 Å². The van der Waals surface area contributed by atoms with Gasteiger partial charge in [0.2, 0.25) is 0 Å². The summed E-state index contributed by atoms with van der Waals surface area (Å²) in [6.07, 6.45) is 0. The largest absolute Gasteiger partial charge is 0.208 e. The van der Waals surface area contributed by atoms with Gasteiger partial charge in [0.1, 0.15) is 0 Å². The molecule has 1 aromatic heterocycles. The van der Waals surface area contributed by atoms with Crippen LogP contribution in [-0.4, -0.2) is 15.0 Å². The molecule has 3 heteroatoms. The van der Waals surface area contributed by atoms with Crippen molar-refractivity contribution in [1.29, 1.82) is 0 Å². The first-order chi connectivity index (χ1) is 26.3. The molecule has 0 fully saturated rings. The molecule has 248 valence electrons. The Labute approximate surface area is 309 Å². The van der Waals surface area contributed by atoms with E-state index in [2.05, 4.69) is 182 Å². The minimum Gasteiger partial charge on any atom is -0.208 e. The number of hydrogen-bond acceptors (Lipinski definition) is 3. The van der Waals surface area contributed by atoms with Gasteiger partial charge in [-0.1, -0.05) is 188 Å². The van der Waals surface area contributed by atoms with Gasteiger partial charge in [-0.3, -0.25) is 0 Å². The van der Waals surface area contributed by atoms with Crippen molar-refractivity contribution in [2.75, 3.05) is 0 Å². The second-order valence-electron chi connectivity index (χ2n) is 13.6.